The third kappa shape index (κ3) is 4.49. The van der Waals surface area contributed by atoms with E-state index in [2.05, 4.69) is 47.6 Å². The molecule has 0 radical (unpaired) electrons. The second-order valence-corrected chi connectivity index (χ2v) is 14.1. The van der Waals surface area contributed by atoms with Crippen LogP contribution in [0.3, 0.4) is 0 Å². The molecule has 186 valence electrons. The Morgan fingerprint density at radius 1 is 1.00 bits per heavy atom. The van der Waals surface area contributed by atoms with Crippen LogP contribution in [0.2, 0.25) is 0 Å². The van der Waals surface area contributed by atoms with Crippen molar-refractivity contribution in [3.63, 3.8) is 0 Å². The summed E-state index contributed by atoms with van der Waals surface area (Å²) in [6, 6.07) is 0. The van der Waals surface area contributed by atoms with Crippen molar-refractivity contribution in [1.82, 2.24) is 0 Å². The van der Waals surface area contributed by atoms with Gasteiger partial charge in [-0.15, -0.1) is 0 Å². The van der Waals surface area contributed by atoms with Gasteiger partial charge in [-0.2, -0.15) is 13.5 Å². The Morgan fingerprint density at radius 3 is 2.34 bits per heavy atom. The third-order valence-corrected chi connectivity index (χ3v) is 11.0. The van der Waals surface area contributed by atoms with Crippen LogP contribution < -0.4 is 0 Å². The van der Waals surface area contributed by atoms with Gasteiger partial charge in [0.15, 0.2) is 0 Å². The highest BCUT2D eigenvalue weighted by molar-refractivity contribution is 7.59. The fourth-order valence-corrected chi connectivity index (χ4v) is 8.83. The summed E-state index contributed by atoms with van der Waals surface area (Å²) < 4.78 is 0. The molecular formula is C29H52O2S. The Kier molecular flexibility index (Phi) is 7.40. The number of rotatable bonds is 4. The van der Waals surface area contributed by atoms with Crippen molar-refractivity contribution in [3.05, 3.63) is 11.6 Å². The zero-order valence-corrected chi connectivity index (χ0v) is 23.0. The van der Waals surface area contributed by atoms with Gasteiger partial charge in [0, 0.05) is 0 Å². The number of hydrogen-bond acceptors (Lipinski definition) is 2. The van der Waals surface area contributed by atoms with Gasteiger partial charge in [-0.3, -0.25) is 0 Å². The van der Waals surface area contributed by atoms with E-state index in [1.54, 1.807) is 5.57 Å². The molecule has 0 aliphatic heterocycles. The first-order valence-corrected chi connectivity index (χ1v) is 13.4. The van der Waals surface area contributed by atoms with Crippen molar-refractivity contribution >= 4 is 13.5 Å². The lowest BCUT2D eigenvalue weighted by Gasteiger charge is -2.59. The fourth-order valence-electron chi connectivity index (χ4n) is 8.83. The maximum absolute atomic E-state index is 10.7. The highest BCUT2D eigenvalue weighted by atomic mass is 32.1. The fraction of sp³-hybridized carbons (Fsp3) is 0.931. The second-order valence-electron chi connectivity index (χ2n) is 14.1. The summed E-state index contributed by atoms with van der Waals surface area (Å²) in [6.45, 7) is 16.2. The van der Waals surface area contributed by atoms with E-state index < -0.39 is 5.60 Å². The first kappa shape index (κ1) is 26.6. The Bertz CT molecular complexity index is 706. The van der Waals surface area contributed by atoms with Crippen molar-refractivity contribution < 1.29 is 10.2 Å². The topological polar surface area (TPSA) is 40.5 Å². The summed E-state index contributed by atoms with van der Waals surface area (Å²) >= 11 is 0. The van der Waals surface area contributed by atoms with E-state index in [4.69, 9.17) is 0 Å². The highest BCUT2D eigenvalue weighted by Gasteiger charge is 2.59. The van der Waals surface area contributed by atoms with Crippen LogP contribution in [-0.2, 0) is 0 Å². The van der Waals surface area contributed by atoms with Crippen LogP contribution in [-0.4, -0.2) is 21.9 Å². The average Bonchev–Trinajstić information content (AvgIpc) is 3.02. The molecule has 2 N–H and O–H groups in total. The molecule has 4 rings (SSSR count). The number of aliphatic hydroxyl groups is 2. The molecule has 0 spiro atoms. The molecule has 9 atom stereocenters. The lowest BCUT2D eigenvalue weighted by atomic mass is 9.46. The SMILES string of the molecule is C[C@H](CC[C@H](O)C(C)(C)C)[C@H]1CC[C@H]2[C@@H]3CC=C4C[C@@](C)(O)CC[C@]4(C)[C@H]3CC[C@]12C.S. The molecule has 32 heavy (non-hydrogen) atoms. The zero-order valence-electron chi connectivity index (χ0n) is 22.0. The smallest absolute Gasteiger partial charge is 0.0657 e. The minimum absolute atomic E-state index is 0. The number of fused-ring (bicyclic) bond motifs is 5. The van der Waals surface area contributed by atoms with E-state index >= 15 is 0 Å². The molecule has 0 aromatic heterocycles. The van der Waals surface area contributed by atoms with Gasteiger partial charge in [0.1, 0.15) is 0 Å². The minimum atomic E-state index is -0.493. The Morgan fingerprint density at radius 2 is 1.69 bits per heavy atom. The molecule has 3 fully saturated rings. The van der Waals surface area contributed by atoms with E-state index in [1.165, 1.54) is 38.5 Å². The minimum Gasteiger partial charge on any atom is -0.393 e. The molecule has 3 heteroatoms. The van der Waals surface area contributed by atoms with Gasteiger partial charge in [-0.1, -0.05) is 53.2 Å². The van der Waals surface area contributed by atoms with E-state index in [0.29, 0.717) is 16.7 Å². The summed E-state index contributed by atoms with van der Waals surface area (Å²) in [4.78, 5) is 0. The molecule has 3 saturated carbocycles. The maximum Gasteiger partial charge on any atom is 0.0657 e. The largest absolute Gasteiger partial charge is 0.393 e. The highest BCUT2D eigenvalue weighted by Crippen LogP contribution is 2.67. The molecule has 0 amide bonds. The predicted molar refractivity (Wildman–Crippen MR) is 140 cm³/mol. The molecule has 0 saturated heterocycles. The molecule has 0 heterocycles. The Labute approximate surface area is 205 Å². The van der Waals surface area contributed by atoms with Crippen LogP contribution in [0.1, 0.15) is 113 Å². The quantitative estimate of drug-likeness (QED) is 0.430. The van der Waals surface area contributed by atoms with Crippen LogP contribution >= 0.6 is 13.5 Å². The summed E-state index contributed by atoms with van der Waals surface area (Å²) in [7, 11) is 0. The van der Waals surface area contributed by atoms with Crippen molar-refractivity contribution in [1.29, 1.82) is 0 Å². The monoisotopic (exact) mass is 464 g/mol. The van der Waals surface area contributed by atoms with Crippen molar-refractivity contribution in [2.75, 3.05) is 0 Å². The normalized spacial score (nSPS) is 45.6. The predicted octanol–water partition coefficient (Wildman–Crippen LogP) is 7.25. The van der Waals surface area contributed by atoms with Crippen molar-refractivity contribution in [3.8, 4) is 0 Å². The third-order valence-electron chi connectivity index (χ3n) is 11.0. The number of hydrogen-bond donors (Lipinski definition) is 2. The molecule has 4 aliphatic rings. The van der Waals surface area contributed by atoms with Crippen LogP contribution in [0.15, 0.2) is 11.6 Å². The van der Waals surface area contributed by atoms with Gasteiger partial charge >= 0.3 is 0 Å². The van der Waals surface area contributed by atoms with Crippen LogP contribution in [0.25, 0.3) is 0 Å². The molecule has 0 aromatic rings. The Balaban J connectivity index is 0.00000289. The van der Waals surface area contributed by atoms with E-state index in [9.17, 15) is 10.2 Å². The van der Waals surface area contributed by atoms with Crippen molar-refractivity contribution in [2.24, 2.45) is 45.8 Å². The van der Waals surface area contributed by atoms with Crippen molar-refractivity contribution in [2.45, 2.75) is 124 Å². The molecule has 0 unspecified atom stereocenters. The lowest BCUT2D eigenvalue weighted by molar-refractivity contribution is -0.0712. The van der Waals surface area contributed by atoms with Gasteiger partial charge in [0.2, 0.25) is 0 Å². The zero-order chi connectivity index (χ0) is 22.8. The summed E-state index contributed by atoms with van der Waals surface area (Å²) in [6.07, 6.45) is 14.3. The molecule has 2 nitrogen and oxygen atoms in total. The van der Waals surface area contributed by atoms with E-state index in [1.807, 2.05) is 6.92 Å². The van der Waals surface area contributed by atoms with E-state index in [-0.39, 0.29) is 25.0 Å². The average molecular weight is 465 g/mol. The number of aliphatic hydroxyl groups excluding tert-OH is 1. The lowest BCUT2D eigenvalue weighted by Crippen LogP contribution is -2.52. The van der Waals surface area contributed by atoms with Crippen LogP contribution in [0, 0.1) is 45.8 Å². The standard InChI is InChI=1S/C29H50O2.H2S/c1-19(8-13-25(30)26(2,3)4)22-11-12-23-21-10-9-20-18-27(5,31)16-17-28(20,6)24(21)14-15-29(22,23)7;/h9,19,21-25,30-31H,8,10-18H2,1-7H3;1H2/t19-,21+,22-,23+,24+,25+,27+,28+,29-;/m1./s1. The number of allylic oxidation sites excluding steroid dienone is 1. The van der Waals surface area contributed by atoms with Gasteiger partial charge < -0.3 is 10.2 Å². The molecule has 0 aromatic carbocycles. The summed E-state index contributed by atoms with van der Waals surface area (Å²) in [5, 5.41) is 21.3. The molecule has 0 bridgehead atoms. The molecule has 4 aliphatic carbocycles. The first-order chi connectivity index (χ1) is 14.3. The second kappa shape index (κ2) is 8.90. The van der Waals surface area contributed by atoms with Gasteiger partial charge in [0.25, 0.3) is 0 Å². The first-order valence-electron chi connectivity index (χ1n) is 13.4. The van der Waals surface area contributed by atoms with Crippen LogP contribution in [0.5, 0.6) is 0 Å². The Hall–Kier alpha value is 0.01000. The van der Waals surface area contributed by atoms with Gasteiger partial charge in [0.05, 0.1) is 11.7 Å². The van der Waals surface area contributed by atoms with Gasteiger partial charge in [-0.25, -0.2) is 0 Å². The summed E-state index contributed by atoms with van der Waals surface area (Å²) in [5.41, 5.74) is 1.88. The van der Waals surface area contributed by atoms with Crippen LogP contribution in [0.4, 0.5) is 0 Å². The van der Waals surface area contributed by atoms with E-state index in [0.717, 1.165) is 49.4 Å². The summed E-state index contributed by atoms with van der Waals surface area (Å²) in [5.74, 6) is 4.05. The maximum atomic E-state index is 10.7. The molecular weight excluding hydrogens is 412 g/mol. The van der Waals surface area contributed by atoms with Gasteiger partial charge in [-0.05, 0) is 117 Å².